The second kappa shape index (κ2) is 12.1. The highest BCUT2D eigenvalue weighted by atomic mass is 35.5. The summed E-state index contributed by atoms with van der Waals surface area (Å²) in [6, 6.07) is 11.7. The molecule has 1 aliphatic carbocycles. The number of carbonyl (C=O) groups excluding carboxylic acids is 2. The van der Waals surface area contributed by atoms with Crippen molar-refractivity contribution >= 4 is 39.1 Å². The van der Waals surface area contributed by atoms with Crippen LogP contribution in [0.1, 0.15) is 55.7 Å². The van der Waals surface area contributed by atoms with Gasteiger partial charge in [-0.1, -0.05) is 49.1 Å². The Bertz CT molecular complexity index is 1200. The molecule has 2 aromatic carbocycles. The molecule has 9 heteroatoms. The molecule has 7 nitrogen and oxygen atoms in total. The summed E-state index contributed by atoms with van der Waals surface area (Å²) in [6.45, 7) is 5.23. The molecule has 0 bridgehead atoms. The zero-order valence-corrected chi connectivity index (χ0v) is 23.0. The molecule has 1 atom stereocenters. The Balaban J connectivity index is 1.88. The van der Waals surface area contributed by atoms with Crippen molar-refractivity contribution in [1.82, 2.24) is 10.2 Å². The van der Waals surface area contributed by atoms with Crippen molar-refractivity contribution in [3.63, 3.8) is 0 Å². The van der Waals surface area contributed by atoms with E-state index in [1.54, 1.807) is 37.3 Å². The number of carbonyl (C=O) groups is 2. The Morgan fingerprint density at radius 1 is 1.06 bits per heavy atom. The molecule has 36 heavy (non-hydrogen) atoms. The zero-order valence-electron chi connectivity index (χ0n) is 21.5. The maximum absolute atomic E-state index is 13.7. The first-order chi connectivity index (χ1) is 17.0. The van der Waals surface area contributed by atoms with Gasteiger partial charge in [0, 0.05) is 17.6 Å². The van der Waals surface area contributed by atoms with E-state index in [0.29, 0.717) is 10.7 Å². The lowest BCUT2D eigenvalue weighted by Gasteiger charge is -2.33. The van der Waals surface area contributed by atoms with Gasteiger partial charge in [0.25, 0.3) is 0 Å². The van der Waals surface area contributed by atoms with Gasteiger partial charge in [-0.3, -0.25) is 13.9 Å². The maximum Gasteiger partial charge on any atom is 0.244 e. The summed E-state index contributed by atoms with van der Waals surface area (Å²) in [5, 5.41) is 3.61. The number of sulfonamides is 1. The topological polar surface area (TPSA) is 86.8 Å². The fourth-order valence-electron chi connectivity index (χ4n) is 4.48. The molecule has 1 aliphatic rings. The van der Waals surface area contributed by atoms with Gasteiger partial charge in [-0.25, -0.2) is 8.42 Å². The molecule has 3 rings (SSSR count). The summed E-state index contributed by atoms with van der Waals surface area (Å²) in [4.78, 5) is 28.3. The van der Waals surface area contributed by atoms with E-state index in [1.807, 2.05) is 26.0 Å². The first kappa shape index (κ1) is 28.0. The third kappa shape index (κ3) is 7.46. The van der Waals surface area contributed by atoms with Gasteiger partial charge in [-0.05, 0) is 74.6 Å². The van der Waals surface area contributed by atoms with Gasteiger partial charge >= 0.3 is 0 Å². The van der Waals surface area contributed by atoms with E-state index in [0.717, 1.165) is 52.9 Å². The Kier molecular flexibility index (Phi) is 9.41. The number of anilines is 1. The number of amides is 2. The first-order valence-electron chi connectivity index (χ1n) is 12.3. The second-order valence-corrected chi connectivity index (χ2v) is 12.1. The van der Waals surface area contributed by atoms with E-state index >= 15 is 0 Å². The van der Waals surface area contributed by atoms with Crippen molar-refractivity contribution < 1.29 is 18.0 Å². The summed E-state index contributed by atoms with van der Waals surface area (Å²) in [6.07, 6.45) is 6.25. The minimum atomic E-state index is -3.76. The Morgan fingerprint density at radius 2 is 1.75 bits per heavy atom. The summed E-state index contributed by atoms with van der Waals surface area (Å²) in [5.41, 5.74) is 3.11. The molecule has 2 amide bonds. The molecular weight excluding hydrogens is 498 g/mol. The number of hydrogen-bond acceptors (Lipinski definition) is 4. The maximum atomic E-state index is 13.7. The van der Waals surface area contributed by atoms with Crippen molar-refractivity contribution in [2.45, 2.75) is 71.5 Å². The largest absolute Gasteiger partial charge is 0.352 e. The van der Waals surface area contributed by atoms with E-state index in [9.17, 15) is 18.0 Å². The molecule has 0 saturated heterocycles. The molecule has 196 valence electrons. The van der Waals surface area contributed by atoms with Gasteiger partial charge in [0.05, 0.1) is 11.9 Å². The molecule has 1 N–H and O–H groups in total. The molecule has 0 spiro atoms. The normalized spacial score (nSPS) is 15.2. The van der Waals surface area contributed by atoms with E-state index in [-0.39, 0.29) is 18.5 Å². The van der Waals surface area contributed by atoms with Crippen LogP contribution < -0.4 is 9.62 Å². The van der Waals surface area contributed by atoms with Gasteiger partial charge in [0.1, 0.15) is 12.6 Å². The first-order valence-corrected chi connectivity index (χ1v) is 14.6. The molecule has 0 aromatic heterocycles. The zero-order chi connectivity index (χ0) is 26.5. The molecule has 1 unspecified atom stereocenters. The number of nitrogens with zero attached hydrogens (tertiary/aromatic N) is 2. The summed E-state index contributed by atoms with van der Waals surface area (Å²) in [5.74, 6) is -0.709. The number of benzene rings is 2. The number of rotatable bonds is 9. The van der Waals surface area contributed by atoms with Crippen LogP contribution in [0.25, 0.3) is 0 Å². The second-order valence-electron chi connectivity index (χ2n) is 9.71. The quantitative estimate of drug-likeness (QED) is 0.511. The fourth-order valence-corrected chi connectivity index (χ4v) is 5.53. The van der Waals surface area contributed by atoms with Crippen molar-refractivity contribution in [2.75, 3.05) is 17.1 Å². The molecule has 2 aromatic rings. The minimum absolute atomic E-state index is 0.0971. The van der Waals surface area contributed by atoms with Crippen LogP contribution in [-0.2, 0) is 26.2 Å². The van der Waals surface area contributed by atoms with E-state index in [4.69, 9.17) is 11.6 Å². The molecule has 0 aliphatic heterocycles. The smallest absolute Gasteiger partial charge is 0.244 e. The monoisotopic (exact) mass is 533 g/mol. The molecule has 1 saturated carbocycles. The standard InChI is InChI=1S/C27H36ClN3O4S/c1-19-13-14-25(15-20(19)2)31(36(4,34)35)18-26(32)30(17-22-9-8-10-23(28)16-22)21(3)27(33)29-24-11-6-5-7-12-24/h8-10,13-16,21,24H,5-7,11-12,17-18H2,1-4H3,(H,29,33). The molecular formula is C27H36ClN3O4S. The fraction of sp³-hybridized carbons (Fsp3) is 0.481. The summed E-state index contributed by atoms with van der Waals surface area (Å²) >= 11 is 6.16. The highest BCUT2D eigenvalue weighted by molar-refractivity contribution is 7.92. The summed E-state index contributed by atoms with van der Waals surface area (Å²) < 4.78 is 26.5. The summed E-state index contributed by atoms with van der Waals surface area (Å²) in [7, 11) is -3.76. The molecule has 0 radical (unpaired) electrons. The number of nitrogens with one attached hydrogen (secondary N) is 1. The van der Waals surface area contributed by atoms with Crippen molar-refractivity contribution in [1.29, 1.82) is 0 Å². The number of aryl methyl sites for hydroxylation is 2. The van der Waals surface area contributed by atoms with E-state index < -0.39 is 28.5 Å². The van der Waals surface area contributed by atoms with Crippen LogP contribution in [0.5, 0.6) is 0 Å². The van der Waals surface area contributed by atoms with Crippen LogP contribution in [0, 0.1) is 13.8 Å². The predicted octanol–water partition coefficient (Wildman–Crippen LogP) is 4.59. The SMILES string of the molecule is Cc1ccc(N(CC(=O)N(Cc2cccc(Cl)c2)C(C)C(=O)NC2CCCCC2)S(C)(=O)=O)cc1C. The average molecular weight is 534 g/mol. The number of hydrogen-bond donors (Lipinski definition) is 1. The van der Waals surface area contributed by atoms with Gasteiger partial charge in [0.2, 0.25) is 21.8 Å². The van der Waals surface area contributed by atoms with Gasteiger partial charge in [0.15, 0.2) is 0 Å². The average Bonchev–Trinajstić information content (AvgIpc) is 2.82. The van der Waals surface area contributed by atoms with Crippen LogP contribution in [0.3, 0.4) is 0 Å². The van der Waals surface area contributed by atoms with Gasteiger partial charge in [-0.15, -0.1) is 0 Å². The van der Waals surface area contributed by atoms with Crippen LogP contribution >= 0.6 is 11.6 Å². The van der Waals surface area contributed by atoms with Crippen LogP contribution in [0.15, 0.2) is 42.5 Å². The lowest BCUT2D eigenvalue weighted by atomic mass is 9.95. The third-order valence-corrected chi connectivity index (χ3v) is 8.19. The molecule has 0 heterocycles. The molecule has 1 fully saturated rings. The Morgan fingerprint density at radius 3 is 2.36 bits per heavy atom. The van der Waals surface area contributed by atoms with Crippen LogP contribution in [0.4, 0.5) is 5.69 Å². The number of halogens is 1. The van der Waals surface area contributed by atoms with Gasteiger partial charge in [-0.2, -0.15) is 0 Å². The van der Waals surface area contributed by atoms with Crippen LogP contribution in [-0.4, -0.2) is 50.0 Å². The highest BCUT2D eigenvalue weighted by Crippen LogP contribution is 2.23. The highest BCUT2D eigenvalue weighted by Gasteiger charge is 2.31. The van der Waals surface area contributed by atoms with E-state index in [1.165, 1.54) is 11.3 Å². The van der Waals surface area contributed by atoms with Crippen molar-refractivity contribution in [3.8, 4) is 0 Å². The van der Waals surface area contributed by atoms with Crippen molar-refractivity contribution in [3.05, 3.63) is 64.2 Å². The Labute approximate surface area is 219 Å². The van der Waals surface area contributed by atoms with Gasteiger partial charge < -0.3 is 10.2 Å². The van der Waals surface area contributed by atoms with Crippen molar-refractivity contribution in [2.24, 2.45) is 0 Å². The minimum Gasteiger partial charge on any atom is -0.352 e. The van der Waals surface area contributed by atoms with E-state index in [2.05, 4.69) is 5.32 Å². The lowest BCUT2D eigenvalue weighted by molar-refractivity contribution is -0.139. The lowest BCUT2D eigenvalue weighted by Crippen LogP contribution is -2.53. The van der Waals surface area contributed by atoms with Crippen LogP contribution in [0.2, 0.25) is 5.02 Å². The predicted molar refractivity (Wildman–Crippen MR) is 145 cm³/mol. The third-order valence-electron chi connectivity index (χ3n) is 6.82. The Hall–Kier alpha value is -2.58.